The molecule has 38 heavy (non-hydrogen) atoms. The predicted molar refractivity (Wildman–Crippen MR) is 146 cm³/mol. The Morgan fingerprint density at radius 2 is 1.76 bits per heavy atom. The molecule has 0 atom stereocenters. The molecular formula is C28H23FN6O2S. The lowest BCUT2D eigenvalue weighted by Gasteiger charge is -2.07. The number of halogens is 1. The SMILES string of the molecule is Cc1ccncc1-c1cnc2n[nH]c(-c3cc4c(-c5cc(F)cc(CCS(C)(=O)=O)c5)cncc4[nH]3)c2c1. The van der Waals surface area contributed by atoms with E-state index in [9.17, 15) is 12.8 Å². The van der Waals surface area contributed by atoms with Crippen LogP contribution in [0.3, 0.4) is 0 Å². The van der Waals surface area contributed by atoms with Gasteiger partial charge in [-0.25, -0.2) is 17.8 Å². The number of hydrogen-bond acceptors (Lipinski definition) is 6. The lowest BCUT2D eigenvalue weighted by molar-refractivity contribution is 0.600. The van der Waals surface area contributed by atoms with Crippen LogP contribution in [0.25, 0.3) is 55.6 Å². The average molecular weight is 527 g/mol. The highest BCUT2D eigenvalue weighted by Gasteiger charge is 2.16. The molecule has 0 saturated carbocycles. The van der Waals surface area contributed by atoms with E-state index >= 15 is 0 Å². The number of aryl methyl sites for hydroxylation is 2. The maximum absolute atomic E-state index is 14.5. The summed E-state index contributed by atoms with van der Waals surface area (Å²) in [5, 5.41) is 9.18. The summed E-state index contributed by atoms with van der Waals surface area (Å²) in [6, 6.07) is 10.6. The minimum Gasteiger partial charge on any atom is -0.352 e. The second kappa shape index (κ2) is 9.14. The Kier molecular flexibility index (Phi) is 5.76. The van der Waals surface area contributed by atoms with Crippen molar-refractivity contribution < 1.29 is 12.8 Å². The van der Waals surface area contributed by atoms with Crippen molar-refractivity contribution in [2.75, 3.05) is 12.0 Å². The van der Waals surface area contributed by atoms with Gasteiger partial charge < -0.3 is 4.98 Å². The first-order chi connectivity index (χ1) is 18.2. The van der Waals surface area contributed by atoms with Gasteiger partial charge in [-0.05, 0) is 60.4 Å². The Balaban J connectivity index is 1.44. The van der Waals surface area contributed by atoms with Gasteiger partial charge in [0.2, 0.25) is 0 Å². The number of rotatable bonds is 6. The molecule has 0 fully saturated rings. The molecule has 0 radical (unpaired) electrons. The molecule has 0 unspecified atom stereocenters. The van der Waals surface area contributed by atoms with Crippen molar-refractivity contribution in [1.82, 2.24) is 30.1 Å². The summed E-state index contributed by atoms with van der Waals surface area (Å²) >= 11 is 0. The van der Waals surface area contributed by atoms with Crippen LogP contribution in [0.5, 0.6) is 0 Å². The Labute approximate surface area is 217 Å². The summed E-state index contributed by atoms with van der Waals surface area (Å²) in [5.74, 6) is -0.476. The second-order valence-electron chi connectivity index (χ2n) is 9.44. The lowest BCUT2D eigenvalue weighted by atomic mass is 10.0. The van der Waals surface area contributed by atoms with E-state index in [0.29, 0.717) is 16.8 Å². The predicted octanol–water partition coefficient (Wildman–Crippen LogP) is 5.26. The van der Waals surface area contributed by atoms with Gasteiger partial charge in [-0.15, -0.1) is 0 Å². The van der Waals surface area contributed by atoms with Crippen LogP contribution in [-0.2, 0) is 16.3 Å². The molecule has 190 valence electrons. The van der Waals surface area contributed by atoms with Gasteiger partial charge in [0.05, 0.1) is 28.9 Å². The number of aromatic nitrogens is 6. The van der Waals surface area contributed by atoms with Gasteiger partial charge in [0.1, 0.15) is 15.7 Å². The second-order valence-corrected chi connectivity index (χ2v) is 11.7. The molecule has 2 N–H and O–H groups in total. The zero-order valence-corrected chi connectivity index (χ0v) is 21.5. The topological polar surface area (TPSA) is 117 Å². The monoisotopic (exact) mass is 526 g/mol. The molecule has 10 heteroatoms. The highest BCUT2D eigenvalue weighted by atomic mass is 32.2. The molecule has 1 aromatic carbocycles. The third-order valence-electron chi connectivity index (χ3n) is 6.60. The van der Waals surface area contributed by atoms with Gasteiger partial charge in [-0.2, -0.15) is 5.10 Å². The number of fused-ring (bicyclic) bond motifs is 2. The number of H-pyrrole nitrogens is 2. The molecule has 0 bridgehead atoms. The quantitative estimate of drug-likeness (QED) is 0.306. The third kappa shape index (κ3) is 4.54. The van der Waals surface area contributed by atoms with Crippen LogP contribution in [0.1, 0.15) is 11.1 Å². The summed E-state index contributed by atoms with van der Waals surface area (Å²) in [6.07, 6.45) is 10.2. The summed E-state index contributed by atoms with van der Waals surface area (Å²) in [7, 11) is -3.17. The Hall–Kier alpha value is -4.44. The highest BCUT2D eigenvalue weighted by Crippen LogP contribution is 2.35. The van der Waals surface area contributed by atoms with Crippen molar-refractivity contribution in [3.05, 3.63) is 84.3 Å². The summed E-state index contributed by atoms with van der Waals surface area (Å²) in [4.78, 5) is 16.5. The molecule has 0 saturated heterocycles. The fraction of sp³-hybridized carbons (Fsp3) is 0.143. The van der Waals surface area contributed by atoms with Gasteiger partial charge >= 0.3 is 0 Å². The fourth-order valence-electron chi connectivity index (χ4n) is 4.69. The minimum atomic E-state index is -3.17. The number of sulfone groups is 1. The van der Waals surface area contributed by atoms with E-state index in [2.05, 4.69) is 30.1 Å². The minimum absolute atomic E-state index is 0.0475. The van der Waals surface area contributed by atoms with Crippen LogP contribution < -0.4 is 0 Å². The van der Waals surface area contributed by atoms with Crippen molar-refractivity contribution in [3.8, 4) is 33.6 Å². The zero-order chi connectivity index (χ0) is 26.4. The first-order valence-electron chi connectivity index (χ1n) is 11.9. The maximum Gasteiger partial charge on any atom is 0.181 e. The van der Waals surface area contributed by atoms with Gasteiger partial charge in [0.15, 0.2) is 5.65 Å². The van der Waals surface area contributed by atoms with E-state index in [-0.39, 0.29) is 12.2 Å². The van der Waals surface area contributed by atoms with E-state index in [1.54, 1.807) is 24.8 Å². The molecule has 0 amide bonds. The van der Waals surface area contributed by atoms with Crippen molar-refractivity contribution >= 4 is 31.8 Å². The van der Waals surface area contributed by atoms with Crippen molar-refractivity contribution in [1.29, 1.82) is 0 Å². The molecular weight excluding hydrogens is 503 g/mol. The van der Waals surface area contributed by atoms with Crippen LogP contribution >= 0.6 is 0 Å². The first kappa shape index (κ1) is 23.9. The van der Waals surface area contributed by atoms with E-state index in [0.717, 1.165) is 49.9 Å². The van der Waals surface area contributed by atoms with Gasteiger partial charge in [-0.1, -0.05) is 6.07 Å². The highest BCUT2D eigenvalue weighted by molar-refractivity contribution is 7.90. The zero-order valence-electron chi connectivity index (χ0n) is 20.7. The van der Waals surface area contributed by atoms with E-state index in [1.807, 2.05) is 37.4 Å². The Morgan fingerprint density at radius 1 is 0.921 bits per heavy atom. The molecule has 0 aliphatic heterocycles. The van der Waals surface area contributed by atoms with Crippen molar-refractivity contribution in [2.24, 2.45) is 0 Å². The molecule has 6 aromatic rings. The standard InChI is InChI=1S/C28H23FN6O2S/c1-16-3-5-30-13-23(16)19-10-22-27(34-35-28(22)32-12-19)25-11-21-24(14-31-15-26(21)33-25)18-7-17(8-20(29)9-18)4-6-38(2,36)37/h3,5,7-15,33H,4,6H2,1-2H3,(H,32,34,35). The van der Waals surface area contributed by atoms with E-state index in [1.165, 1.54) is 18.4 Å². The number of nitrogens with one attached hydrogen (secondary N) is 2. The molecule has 0 aliphatic carbocycles. The molecule has 5 heterocycles. The largest absolute Gasteiger partial charge is 0.352 e. The molecule has 8 nitrogen and oxygen atoms in total. The Morgan fingerprint density at radius 3 is 2.58 bits per heavy atom. The van der Waals surface area contributed by atoms with Crippen molar-refractivity contribution in [2.45, 2.75) is 13.3 Å². The van der Waals surface area contributed by atoms with Gasteiger partial charge in [0.25, 0.3) is 0 Å². The maximum atomic E-state index is 14.5. The van der Waals surface area contributed by atoms with Crippen LogP contribution in [0, 0.1) is 12.7 Å². The van der Waals surface area contributed by atoms with Gasteiger partial charge in [-0.3, -0.25) is 15.1 Å². The summed E-state index contributed by atoms with van der Waals surface area (Å²) < 4.78 is 37.8. The summed E-state index contributed by atoms with van der Waals surface area (Å²) in [5.41, 5.74) is 7.92. The number of benzene rings is 1. The van der Waals surface area contributed by atoms with Crippen molar-refractivity contribution in [3.63, 3.8) is 0 Å². The third-order valence-corrected chi connectivity index (χ3v) is 7.55. The van der Waals surface area contributed by atoms with Crippen LogP contribution in [0.15, 0.2) is 67.4 Å². The number of hydrogen-bond donors (Lipinski definition) is 2. The number of aromatic amines is 2. The molecule has 5 aromatic heterocycles. The smallest absolute Gasteiger partial charge is 0.181 e. The lowest BCUT2D eigenvalue weighted by Crippen LogP contribution is -2.06. The normalized spacial score (nSPS) is 12.0. The van der Waals surface area contributed by atoms with Gasteiger partial charge in [0, 0.05) is 58.5 Å². The van der Waals surface area contributed by atoms with E-state index < -0.39 is 15.7 Å². The van der Waals surface area contributed by atoms with Crippen LogP contribution in [0.4, 0.5) is 4.39 Å². The molecule has 0 spiro atoms. The Bertz CT molecular complexity index is 1940. The van der Waals surface area contributed by atoms with E-state index in [4.69, 9.17) is 0 Å². The number of pyridine rings is 3. The molecule has 6 rings (SSSR count). The summed E-state index contributed by atoms with van der Waals surface area (Å²) in [6.45, 7) is 2.03. The van der Waals surface area contributed by atoms with Crippen LogP contribution in [0.2, 0.25) is 0 Å². The first-order valence-corrected chi connectivity index (χ1v) is 14.0. The number of nitrogens with zero attached hydrogens (tertiary/aromatic N) is 4. The average Bonchev–Trinajstić information content (AvgIpc) is 3.50. The molecule has 0 aliphatic rings. The fourth-order valence-corrected chi connectivity index (χ4v) is 5.29. The van der Waals surface area contributed by atoms with Crippen LogP contribution in [-0.4, -0.2) is 50.6 Å².